The minimum absolute atomic E-state index is 0.195. The maximum atomic E-state index is 12.3. The first kappa shape index (κ1) is 16.3. The fourth-order valence-corrected chi connectivity index (χ4v) is 4.07. The van der Waals surface area contributed by atoms with Crippen molar-refractivity contribution in [3.63, 3.8) is 0 Å². The Balaban J connectivity index is 2.07. The first-order valence-electron chi connectivity index (χ1n) is 7.58. The quantitative estimate of drug-likeness (QED) is 0.761. The van der Waals surface area contributed by atoms with E-state index in [1.165, 1.54) is 12.8 Å². The van der Waals surface area contributed by atoms with Gasteiger partial charge in [0.15, 0.2) is 9.84 Å². The Morgan fingerprint density at radius 1 is 1.29 bits per heavy atom. The number of para-hydroxylation sites is 1. The molecular formula is C16H25NO3S. The maximum Gasteiger partial charge on any atom is 0.180 e. The summed E-state index contributed by atoms with van der Waals surface area (Å²) in [6, 6.07) is 7.21. The Labute approximate surface area is 127 Å². The first-order chi connectivity index (χ1) is 10.0. The van der Waals surface area contributed by atoms with Gasteiger partial charge < -0.3 is 10.1 Å². The third-order valence-corrected chi connectivity index (χ3v) is 6.11. The molecule has 0 saturated heterocycles. The van der Waals surface area contributed by atoms with Gasteiger partial charge in [-0.1, -0.05) is 19.1 Å². The topological polar surface area (TPSA) is 55.4 Å². The van der Waals surface area contributed by atoms with Crippen LogP contribution in [0, 0.1) is 5.41 Å². The predicted molar refractivity (Wildman–Crippen MR) is 85.4 cm³/mol. The third kappa shape index (κ3) is 4.20. The number of anilines is 1. The van der Waals surface area contributed by atoms with Crippen LogP contribution >= 0.6 is 0 Å². The van der Waals surface area contributed by atoms with Crippen LogP contribution in [0.25, 0.3) is 0 Å². The van der Waals surface area contributed by atoms with Gasteiger partial charge in [-0.05, 0) is 43.2 Å². The zero-order valence-electron chi connectivity index (χ0n) is 12.9. The van der Waals surface area contributed by atoms with Crippen LogP contribution in [-0.2, 0) is 14.6 Å². The number of hydrogen-bond acceptors (Lipinski definition) is 4. The van der Waals surface area contributed by atoms with Gasteiger partial charge in [-0.15, -0.1) is 0 Å². The van der Waals surface area contributed by atoms with Crippen LogP contribution in [0.3, 0.4) is 0 Å². The SMILES string of the molecule is CCCS(=O)(=O)c1ccccc1NCC1(CCOC)CC1. The van der Waals surface area contributed by atoms with E-state index < -0.39 is 9.84 Å². The highest BCUT2D eigenvalue weighted by molar-refractivity contribution is 7.91. The zero-order chi connectivity index (χ0) is 15.3. The van der Waals surface area contributed by atoms with E-state index in [9.17, 15) is 8.42 Å². The summed E-state index contributed by atoms with van der Waals surface area (Å²) in [6.45, 7) is 3.46. The molecule has 1 aromatic rings. The number of hydrogen-bond donors (Lipinski definition) is 1. The van der Waals surface area contributed by atoms with Crippen LogP contribution in [0.5, 0.6) is 0 Å². The largest absolute Gasteiger partial charge is 0.385 e. The average Bonchev–Trinajstić information content (AvgIpc) is 3.24. The fourth-order valence-electron chi connectivity index (χ4n) is 2.56. The number of rotatable bonds is 9. The molecule has 5 heteroatoms. The molecule has 0 amide bonds. The van der Waals surface area contributed by atoms with E-state index in [4.69, 9.17) is 4.74 Å². The van der Waals surface area contributed by atoms with Crippen molar-refractivity contribution in [3.8, 4) is 0 Å². The van der Waals surface area contributed by atoms with E-state index >= 15 is 0 Å². The van der Waals surface area contributed by atoms with E-state index in [0.29, 0.717) is 11.3 Å². The first-order valence-corrected chi connectivity index (χ1v) is 9.23. The smallest absolute Gasteiger partial charge is 0.180 e. The molecule has 0 heterocycles. The summed E-state index contributed by atoms with van der Waals surface area (Å²) in [5.74, 6) is 0.195. The molecule has 118 valence electrons. The van der Waals surface area contributed by atoms with Crippen molar-refractivity contribution in [2.24, 2.45) is 5.41 Å². The lowest BCUT2D eigenvalue weighted by Crippen LogP contribution is -2.19. The summed E-state index contributed by atoms with van der Waals surface area (Å²) in [6.07, 6.45) is 4.04. The second-order valence-corrected chi connectivity index (χ2v) is 7.99. The molecule has 1 N–H and O–H groups in total. The molecule has 21 heavy (non-hydrogen) atoms. The number of benzene rings is 1. The second-order valence-electron chi connectivity index (χ2n) is 5.91. The van der Waals surface area contributed by atoms with Crippen LogP contribution in [0.4, 0.5) is 5.69 Å². The lowest BCUT2D eigenvalue weighted by molar-refractivity contribution is 0.175. The van der Waals surface area contributed by atoms with Crippen molar-refractivity contribution >= 4 is 15.5 Å². The van der Waals surface area contributed by atoms with E-state index in [1.54, 1.807) is 19.2 Å². The molecule has 1 saturated carbocycles. The standard InChI is InChI=1S/C16H25NO3S/c1-3-12-21(18,19)15-7-5-4-6-14(15)17-13-16(8-9-16)10-11-20-2/h4-7,17H,3,8-13H2,1-2H3. The summed E-state index contributed by atoms with van der Waals surface area (Å²) >= 11 is 0. The van der Waals surface area contributed by atoms with Gasteiger partial charge in [0.25, 0.3) is 0 Å². The molecule has 0 spiro atoms. The van der Waals surface area contributed by atoms with Crippen LogP contribution in [0.2, 0.25) is 0 Å². The van der Waals surface area contributed by atoms with Crippen LogP contribution in [0.1, 0.15) is 32.6 Å². The van der Waals surface area contributed by atoms with Crippen molar-refractivity contribution in [2.45, 2.75) is 37.5 Å². The molecule has 1 aliphatic carbocycles. The Morgan fingerprint density at radius 3 is 2.62 bits per heavy atom. The molecular weight excluding hydrogens is 286 g/mol. The Morgan fingerprint density at radius 2 is 2.00 bits per heavy atom. The van der Waals surface area contributed by atoms with E-state index in [0.717, 1.165) is 25.3 Å². The molecule has 1 aliphatic rings. The third-order valence-electron chi connectivity index (χ3n) is 4.14. The molecule has 1 fully saturated rings. The van der Waals surface area contributed by atoms with Crippen molar-refractivity contribution in [1.29, 1.82) is 0 Å². The summed E-state index contributed by atoms with van der Waals surface area (Å²) in [5, 5.41) is 3.35. The summed E-state index contributed by atoms with van der Waals surface area (Å²) in [4.78, 5) is 0.425. The summed E-state index contributed by atoms with van der Waals surface area (Å²) in [5.41, 5.74) is 1.02. The van der Waals surface area contributed by atoms with E-state index in [1.807, 2.05) is 19.1 Å². The number of nitrogens with one attached hydrogen (secondary N) is 1. The predicted octanol–water partition coefficient (Wildman–Crippen LogP) is 3.10. The monoisotopic (exact) mass is 311 g/mol. The van der Waals surface area contributed by atoms with Gasteiger partial charge in [0, 0.05) is 20.3 Å². The lowest BCUT2D eigenvalue weighted by Gasteiger charge is -2.18. The minimum Gasteiger partial charge on any atom is -0.385 e. The van der Waals surface area contributed by atoms with Gasteiger partial charge in [-0.3, -0.25) is 0 Å². The maximum absolute atomic E-state index is 12.3. The minimum atomic E-state index is -3.19. The summed E-state index contributed by atoms with van der Waals surface area (Å²) < 4.78 is 29.8. The van der Waals surface area contributed by atoms with Crippen molar-refractivity contribution in [3.05, 3.63) is 24.3 Å². The molecule has 4 nitrogen and oxygen atoms in total. The van der Waals surface area contributed by atoms with Gasteiger partial charge in [0.05, 0.1) is 16.3 Å². The molecule has 1 aromatic carbocycles. The van der Waals surface area contributed by atoms with Gasteiger partial charge in [-0.2, -0.15) is 0 Å². The van der Waals surface area contributed by atoms with Crippen LogP contribution in [-0.4, -0.2) is 34.4 Å². The molecule has 0 atom stereocenters. The average molecular weight is 311 g/mol. The van der Waals surface area contributed by atoms with Crippen LogP contribution in [0.15, 0.2) is 29.2 Å². The molecule has 0 radical (unpaired) electrons. The lowest BCUT2D eigenvalue weighted by atomic mass is 10.0. The zero-order valence-corrected chi connectivity index (χ0v) is 13.7. The van der Waals surface area contributed by atoms with Crippen molar-refractivity contribution in [2.75, 3.05) is 31.3 Å². The number of sulfone groups is 1. The Bertz CT molecular complexity index is 565. The van der Waals surface area contributed by atoms with Gasteiger partial charge in [-0.25, -0.2) is 8.42 Å². The number of methoxy groups -OCH3 is 1. The van der Waals surface area contributed by atoms with Crippen LogP contribution < -0.4 is 5.32 Å². The molecule has 0 bridgehead atoms. The highest BCUT2D eigenvalue weighted by Gasteiger charge is 2.41. The highest BCUT2D eigenvalue weighted by atomic mass is 32.2. The van der Waals surface area contributed by atoms with Crippen molar-refractivity contribution < 1.29 is 13.2 Å². The van der Waals surface area contributed by atoms with E-state index in [2.05, 4.69) is 5.32 Å². The second kappa shape index (κ2) is 6.79. The van der Waals surface area contributed by atoms with E-state index in [-0.39, 0.29) is 11.2 Å². The highest BCUT2D eigenvalue weighted by Crippen LogP contribution is 2.48. The van der Waals surface area contributed by atoms with Gasteiger partial charge in [0.1, 0.15) is 0 Å². The summed E-state index contributed by atoms with van der Waals surface area (Å²) in [7, 11) is -1.47. The molecule has 2 rings (SSSR count). The fraction of sp³-hybridized carbons (Fsp3) is 0.625. The Kier molecular flexibility index (Phi) is 5.27. The normalized spacial score (nSPS) is 16.7. The van der Waals surface area contributed by atoms with Gasteiger partial charge in [0.2, 0.25) is 0 Å². The Hall–Kier alpha value is -1.07. The molecule has 0 aliphatic heterocycles. The number of ether oxygens (including phenoxy) is 1. The molecule has 0 aromatic heterocycles. The molecule has 0 unspecified atom stereocenters. The van der Waals surface area contributed by atoms with Gasteiger partial charge >= 0.3 is 0 Å². The van der Waals surface area contributed by atoms with Crippen molar-refractivity contribution in [1.82, 2.24) is 0 Å².